The molecule has 0 aromatic rings. The topological polar surface area (TPSA) is 170 Å². The van der Waals surface area contributed by atoms with Gasteiger partial charge in [0.15, 0.2) is 12.6 Å². The largest absolute Gasteiger partial charge is 0.397 e. The Bertz CT molecular complexity index is 555. The maximum Gasteiger partial charge on any atom is 0.397 e. The number of aliphatic hydroxyl groups is 3. The zero-order valence-electron chi connectivity index (χ0n) is 14.4. The first-order chi connectivity index (χ1) is 12.1. The summed E-state index contributed by atoms with van der Waals surface area (Å²) >= 11 is 0. The average molecular weight is 404 g/mol. The Hall–Kier alpha value is -0.450. The SMILES string of the molecule is COC1COC(OC2C(C)OC(OC)C(O)C2OS(=O)(=O)O)C(O)C1O. The van der Waals surface area contributed by atoms with Crippen molar-refractivity contribution >= 4 is 10.4 Å². The number of rotatable bonds is 6. The van der Waals surface area contributed by atoms with Crippen LogP contribution in [0.25, 0.3) is 0 Å². The van der Waals surface area contributed by atoms with E-state index in [4.69, 9.17) is 28.2 Å². The van der Waals surface area contributed by atoms with Crippen LogP contribution in [0.4, 0.5) is 0 Å². The molecule has 0 radical (unpaired) electrons. The lowest BCUT2D eigenvalue weighted by Crippen LogP contribution is -2.62. The summed E-state index contributed by atoms with van der Waals surface area (Å²) < 4.78 is 61.8. The van der Waals surface area contributed by atoms with E-state index in [2.05, 4.69) is 4.18 Å². The van der Waals surface area contributed by atoms with Gasteiger partial charge in [-0.05, 0) is 6.92 Å². The molecule has 0 aromatic carbocycles. The molecule has 0 aromatic heterocycles. The monoisotopic (exact) mass is 404 g/mol. The summed E-state index contributed by atoms with van der Waals surface area (Å²) in [4.78, 5) is 0. The lowest BCUT2D eigenvalue weighted by atomic mass is 9.99. The van der Waals surface area contributed by atoms with E-state index in [9.17, 15) is 23.7 Å². The number of hydrogen-bond acceptors (Lipinski definition) is 11. The summed E-state index contributed by atoms with van der Waals surface area (Å²) in [6, 6.07) is 0. The van der Waals surface area contributed by atoms with E-state index in [1.54, 1.807) is 0 Å². The molecule has 0 amide bonds. The highest BCUT2D eigenvalue weighted by Crippen LogP contribution is 2.30. The van der Waals surface area contributed by atoms with Gasteiger partial charge in [-0.3, -0.25) is 4.55 Å². The van der Waals surface area contributed by atoms with Crippen molar-refractivity contribution in [1.29, 1.82) is 0 Å². The van der Waals surface area contributed by atoms with Gasteiger partial charge in [-0.2, -0.15) is 8.42 Å². The van der Waals surface area contributed by atoms with Gasteiger partial charge in [0.05, 0.1) is 12.7 Å². The van der Waals surface area contributed by atoms with Gasteiger partial charge in [0, 0.05) is 14.2 Å². The van der Waals surface area contributed by atoms with Crippen LogP contribution in [-0.4, -0.2) is 104 Å². The second-order valence-corrected chi connectivity index (χ2v) is 7.03. The van der Waals surface area contributed by atoms with Crippen LogP contribution in [0, 0.1) is 0 Å². The highest BCUT2D eigenvalue weighted by Gasteiger charge is 2.50. The third-order valence-corrected chi connectivity index (χ3v) is 4.71. The van der Waals surface area contributed by atoms with Crippen molar-refractivity contribution in [3.8, 4) is 0 Å². The number of hydrogen-bond donors (Lipinski definition) is 4. The van der Waals surface area contributed by atoms with Crippen LogP contribution >= 0.6 is 0 Å². The fourth-order valence-electron chi connectivity index (χ4n) is 2.87. The minimum absolute atomic E-state index is 0.103. The van der Waals surface area contributed by atoms with Crippen molar-refractivity contribution in [3.05, 3.63) is 0 Å². The Morgan fingerprint density at radius 1 is 0.962 bits per heavy atom. The maximum atomic E-state index is 11.1. The first-order valence-electron chi connectivity index (χ1n) is 7.77. The fraction of sp³-hybridized carbons (Fsp3) is 1.00. The number of aliphatic hydroxyl groups excluding tert-OH is 3. The van der Waals surface area contributed by atoms with Crippen LogP contribution in [0.2, 0.25) is 0 Å². The van der Waals surface area contributed by atoms with E-state index in [1.807, 2.05) is 0 Å². The maximum absolute atomic E-state index is 11.1. The van der Waals surface area contributed by atoms with E-state index >= 15 is 0 Å². The Morgan fingerprint density at radius 2 is 1.62 bits per heavy atom. The van der Waals surface area contributed by atoms with Crippen LogP contribution < -0.4 is 0 Å². The fourth-order valence-corrected chi connectivity index (χ4v) is 3.38. The van der Waals surface area contributed by atoms with Gasteiger partial charge in [0.2, 0.25) is 0 Å². The van der Waals surface area contributed by atoms with Gasteiger partial charge >= 0.3 is 10.4 Å². The number of methoxy groups -OCH3 is 2. The number of ether oxygens (including phenoxy) is 5. The van der Waals surface area contributed by atoms with Crippen molar-refractivity contribution in [1.82, 2.24) is 0 Å². The highest BCUT2D eigenvalue weighted by atomic mass is 32.3. The molecule has 2 heterocycles. The van der Waals surface area contributed by atoms with Crippen LogP contribution in [0.5, 0.6) is 0 Å². The molecule has 154 valence electrons. The summed E-state index contributed by atoms with van der Waals surface area (Å²) in [6.07, 6.45) is -11.7. The summed E-state index contributed by atoms with van der Waals surface area (Å²) in [5.74, 6) is 0. The van der Waals surface area contributed by atoms with E-state index in [1.165, 1.54) is 21.1 Å². The standard InChI is InChI=1S/C13H24O12S/c1-5-10(24-13-8(15)7(14)6(20-2)4-22-13)11(25-26(17,18)19)9(16)12(21-3)23-5/h5-16H,4H2,1-3H3,(H,17,18,19). The Balaban J connectivity index is 2.18. The molecule has 0 spiro atoms. The van der Waals surface area contributed by atoms with Gasteiger partial charge in [-0.15, -0.1) is 0 Å². The Morgan fingerprint density at radius 3 is 2.15 bits per heavy atom. The van der Waals surface area contributed by atoms with E-state index in [-0.39, 0.29) is 6.61 Å². The van der Waals surface area contributed by atoms with E-state index < -0.39 is 65.7 Å². The summed E-state index contributed by atoms with van der Waals surface area (Å²) in [7, 11) is -2.39. The molecule has 2 aliphatic rings. The third-order valence-electron chi connectivity index (χ3n) is 4.24. The van der Waals surface area contributed by atoms with Gasteiger partial charge < -0.3 is 39.0 Å². The van der Waals surface area contributed by atoms with E-state index in [0.29, 0.717) is 0 Å². The van der Waals surface area contributed by atoms with Crippen molar-refractivity contribution in [2.24, 2.45) is 0 Å². The molecule has 12 nitrogen and oxygen atoms in total. The molecular formula is C13H24O12S. The highest BCUT2D eigenvalue weighted by molar-refractivity contribution is 7.80. The summed E-state index contributed by atoms with van der Waals surface area (Å²) in [6.45, 7) is 1.38. The zero-order chi connectivity index (χ0) is 19.6. The van der Waals surface area contributed by atoms with E-state index in [0.717, 1.165) is 0 Å². The van der Waals surface area contributed by atoms with Crippen molar-refractivity contribution in [2.45, 2.75) is 62.2 Å². The molecule has 2 aliphatic heterocycles. The van der Waals surface area contributed by atoms with Gasteiger partial charge in [0.1, 0.15) is 36.6 Å². The second kappa shape index (κ2) is 8.70. The normalized spacial score (nSPS) is 44.8. The average Bonchev–Trinajstić information content (AvgIpc) is 2.56. The Labute approximate surface area is 150 Å². The van der Waals surface area contributed by atoms with Crippen LogP contribution in [-0.2, 0) is 38.3 Å². The van der Waals surface area contributed by atoms with Crippen molar-refractivity contribution in [2.75, 3.05) is 20.8 Å². The predicted octanol–water partition coefficient (Wildman–Crippen LogP) is -2.60. The Kier molecular flexibility index (Phi) is 7.31. The lowest BCUT2D eigenvalue weighted by molar-refractivity contribution is -0.338. The lowest BCUT2D eigenvalue weighted by Gasteiger charge is -2.45. The predicted molar refractivity (Wildman–Crippen MR) is 81.2 cm³/mol. The summed E-state index contributed by atoms with van der Waals surface area (Å²) in [5, 5.41) is 30.3. The van der Waals surface area contributed by atoms with Crippen LogP contribution in [0.3, 0.4) is 0 Å². The van der Waals surface area contributed by atoms with Crippen molar-refractivity contribution in [3.63, 3.8) is 0 Å². The molecule has 0 bridgehead atoms. The quantitative estimate of drug-likeness (QED) is 0.341. The molecule has 26 heavy (non-hydrogen) atoms. The smallest absolute Gasteiger partial charge is 0.387 e. The first kappa shape index (κ1) is 21.8. The zero-order valence-corrected chi connectivity index (χ0v) is 15.2. The molecular weight excluding hydrogens is 380 g/mol. The molecule has 9 unspecified atom stereocenters. The third kappa shape index (κ3) is 4.88. The van der Waals surface area contributed by atoms with Crippen molar-refractivity contribution < 1.29 is 56.2 Å². The van der Waals surface area contributed by atoms with Gasteiger partial charge in [-0.1, -0.05) is 0 Å². The molecule has 2 rings (SSSR count). The summed E-state index contributed by atoms with van der Waals surface area (Å²) in [5.41, 5.74) is 0. The van der Waals surface area contributed by atoms with Gasteiger partial charge in [-0.25, -0.2) is 4.18 Å². The van der Waals surface area contributed by atoms with Crippen LogP contribution in [0.1, 0.15) is 6.92 Å². The molecule has 0 saturated carbocycles. The molecule has 0 aliphatic carbocycles. The molecule has 2 saturated heterocycles. The molecule has 2 fully saturated rings. The minimum atomic E-state index is -4.95. The second-order valence-electron chi connectivity index (χ2n) is 5.98. The van der Waals surface area contributed by atoms with Crippen LogP contribution in [0.15, 0.2) is 0 Å². The minimum Gasteiger partial charge on any atom is -0.387 e. The molecule has 13 heteroatoms. The molecule has 9 atom stereocenters. The molecule has 4 N–H and O–H groups in total. The van der Waals surface area contributed by atoms with Gasteiger partial charge in [0.25, 0.3) is 0 Å². The first-order valence-corrected chi connectivity index (χ1v) is 9.13.